The normalized spacial score (nSPS) is 11.8. The van der Waals surface area contributed by atoms with Crippen molar-refractivity contribution in [2.75, 3.05) is 12.4 Å². The van der Waals surface area contributed by atoms with Crippen LogP contribution in [-0.2, 0) is 9.53 Å². The zero-order valence-corrected chi connectivity index (χ0v) is 11.3. The van der Waals surface area contributed by atoms with Crippen molar-refractivity contribution in [3.05, 3.63) is 28.8 Å². The summed E-state index contributed by atoms with van der Waals surface area (Å²) >= 11 is 5.88. The summed E-state index contributed by atoms with van der Waals surface area (Å²) in [5.74, 6) is -0.336. The van der Waals surface area contributed by atoms with E-state index in [2.05, 4.69) is 11.4 Å². The van der Waals surface area contributed by atoms with Crippen molar-refractivity contribution in [3.63, 3.8) is 0 Å². The number of nitrogens with one attached hydrogen (secondary N) is 1. The van der Waals surface area contributed by atoms with Gasteiger partial charge in [0.05, 0.1) is 18.4 Å². The number of hydrogen-bond acceptors (Lipinski definition) is 4. The number of methoxy groups -OCH3 is 1. The van der Waals surface area contributed by atoms with E-state index in [9.17, 15) is 4.79 Å². The first kappa shape index (κ1) is 14.3. The van der Waals surface area contributed by atoms with Gasteiger partial charge in [-0.15, -0.1) is 0 Å². The van der Waals surface area contributed by atoms with Gasteiger partial charge in [-0.3, -0.25) is 0 Å². The monoisotopic (exact) mass is 266 g/mol. The predicted molar refractivity (Wildman–Crippen MR) is 70.4 cm³/mol. The summed E-state index contributed by atoms with van der Waals surface area (Å²) in [6, 6.07) is 6.40. The van der Waals surface area contributed by atoms with E-state index in [1.807, 2.05) is 13.8 Å². The Morgan fingerprint density at radius 1 is 1.50 bits per heavy atom. The van der Waals surface area contributed by atoms with Gasteiger partial charge in [0.1, 0.15) is 12.1 Å². The second kappa shape index (κ2) is 6.27. The SMILES string of the molecule is COC(=O)C(Nc1cc(Cl)ccc1C#N)C(C)C. The molecule has 1 aromatic rings. The average molecular weight is 267 g/mol. The third-order valence-corrected chi connectivity index (χ3v) is 2.77. The van der Waals surface area contributed by atoms with Gasteiger partial charge in [0.2, 0.25) is 0 Å². The molecule has 18 heavy (non-hydrogen) atoms. The highest BCUT2D eigenvalue weighted by molar-refractivity contribution is 6.30. The molecule has 1 N–H and O–H groups in total. The van der Waals surface area contributed by atoms with E-state index in [1.165, 1.54) is 7.11 Å². The Bertz CT molecular complexity index is 480. The lowest BCUT2D eigenvalue weighted by Gasteiger charge is -2.21. The van der Waals surface area contributed by atoms with Crippen LogP contribution in [0.25, 0.3) is 0 Å². The van der Waals surface area contributed by atoms with Gasteiger partial charge >= 0.3 is 5.97 Å². The van der Waals surface area contributed by atoms with Gasteiger partial charge in [0.25, 0.3) is 0 Å². The molecule has 0 amide bonds. The summed E-state index contributed by atoms with van der Waals surface area (Å²) in [5.41, 5.74) is 0.975. The molecule has 0 aliphatic carbocycles. The zero-order chi connectivity index (χ0) is 13.7. The fourth-order valence-corrected chi connectivity index (χ4v) is 1.70. The van der Waals surface area contributed by atoms with Crippen LogP contribution in [0, 0.1) is 17.2 Å². The van der Waals surface area contributed by atoms with E-state index >= 15 is 0 Å². The molecule has 1 aromatic carbocycles. The van der Waals surface area contributed by atoms with E-state index in [4.69, 9.17) is 21.6 Å². The van der Waals surface area contributed by atoms with Gasteiger partial charge in [-0.2, -0.15) is 5.26 Å². The lowest BCUT2D eigenvalue weighted by Crippen LogP contribution is -2.35. The zero-order valence-electron chi connectivity index (χ0n) is 10.5. The maximum Gasteiger partial charge on any atom is 0.328 e. The van der Waals surface area contributed by atoms with E-state index in [-0.39, 0.29) is 11.9 Å². The highest BCUT2D eigenvalue weighted by Gasteiger charge is 2.23. The van der Waals surface area contributed by atoms with Crippen LogP contribution >= 0.6 is 11.6 Å². The third-order valence-electron chi connectivity index (χ3n) is 2.53. The molecule has 4 nitrogen and oxygen atoms in total. The molecule has 0 aromatic heterocycles. The highest BCUT2D eigenvalue weighted by Crippen LogP contribution is 2.22. The second-order valence-electron chi connectivity index (χ2n) is 4.19. The van der Waals surface area contributed by atoms with Gasteiger partial charge in [0.15, 0.2) is 0 Å². The topological polar surface area (TPSA) is 62.1 Å². The molecule has 0 bridgehead atoms. The van der Waals surface area contributed by atoms with Crippen molar-refractivity contribution in [2.45, 2.75) is 19.9 Å². The molecular weight excluding hydrogens is 252 g/mol. The van der Waals surface area contributed by atoms with Crippen molar-refractivity contribution in [1.82, 2.24) is 0 Å². The van der Waals surface area contributed by atoms with Gasteiger partial charge in [0, 0.05) is 5.02 Å². The number of carbonyl (C=O) groups is 1. The van der Waals surface area contributed by atoms with Gasteiger partial charge in [-0.1, -0.05) is 25.4 Å². The minimum atomic E-state index is -0.513. The summed E-state index contributed by atoms with van der Waals surface area (Å²) in [4.78, 5) is 11.6. The molecule has 0 heterocycles. The maximum atomic E-state index is 11.6. The first-order valence-electron chi connectivity index (χ1n) is 5.53. The maximum absolute atomic E-state index is 11.6. The smallest absolute Gasteiger partial charge is 0.328 e. The first-order valence-corrected chi connectivity index (χ1v) is 5.91. The van der Waals surface area contributed by atoms with Crippen LogP contribution in [0.3, 0.4) is 0 Å². The van der Waals surface area contributed by atoms with Crippen LogP contribution < -0.4 is 5.32 Å². The molecule has 0 spiro atoms. The Morgan fingerprint density at radius 2 is 2.17 bits per heavy atom. The molecule has 96 valence electrons. The summed E-state index contributed by atoms with van der Waals surface area (Å²) < 4.78 is 4.73. The number of carbonyl (C=O) groups excluding carboxylic acids is 1. The number of nitriles is 1. The van der Waals surface area contributed by atoms with Gasteiger partial charge in [-0.05, 0) is 24.1 Å². The summed E-state index contributed by atoms with van der Waals surface area (Å²) in [6.45, 7) is 3.79. The van der Waals surface area contributed by atoms with Crippen molar-refractivity contribution < 1.29 is 9.53 Å². The lowest BCUT2D eigenvalue weighted by atomic mass is 10.0. The minimum Gasteiger partial charge on any atom is -0.467 e. The van der Waals surface area contributed by atoms with Crippen molar-refractivity contribution in [3.8, 4) is 6.07 Å². The lowest BCUT2D eigenvalue weighted by molar-refractivity contribution is -0.142. The molecule has 0 aliphatic rings. The largest absolute Gasteiger partial charge is 0.467 e. The molecule has 1 atom stereocenters. The minimum absolute atomic E-state index is 0.0305. The Labute approximate surface area is 112 Å². The average Bonchev–Trinajstić information content (AvgIpc) is 2.34. The number of esters is 1. The number of nitrogens with zero attached hydrogens (tertiary/aromatic N) is 1. The molecule has 0 saturated heterocycles. The first-order chi connectivity index (χ1) is 8.49. The number of anilines is 1. The van der Waals surface area contributed by atoms with Crippen LogP contribution in [0.4, 0.5) is 5.69 Å². The van der Waals surface area contributed by atoms with Gasteiger partial charge in [-0.25, -0.2) is 4.79 Å². The summed E-state index contributed by atoms with van der Waals surface area (Å²) in [7, 11) is 1.34. The van der Waals surface area contributed by atoms with E-state index in [0.29, 0.717) is 16.3 Å². The second-order valence-corrected chi connectivity index (χ2v) is 4.63. The molecule has 1 unspecified atom stereocenters. The van der Waals surface area contributed by atoms with Crippen LogP contribution in [0.5, 0.6) is 0 Å². The van der Waals surface area contributed by atoms with Crippen molar-refractivity contribution >= 4 is 23.3 Å². The highest BCUT2D eigenvalue weighted by atomic mass is 35.5. The number of benzene rings is 1. The standard InChI is InChI=1S/C13H15ClN2O2/c1-8(2)12(13(17)18-3)16-11-6-10(14)5-4-9(11)7-15/h4-6,8,12,16H,1-3H3. The number of halogens is 1. The number of rotatable bonds is 4. The number of ether oxygens (including phenoxy) is 1. The van der Waals surface area contributed by atoms with Crippen LogP contribution in [0.15, 0.2) is 18.2 Å². The molecule has 1 rings (SSSR count). The molecule has 0 saturated carbocycles. The fraction of sp³-hybridized carbons (Fsp3) is 0.385. The summed E-state index contributed by atoms with van der Waals surface area (Å²) in [6.07, 6.45) is 0. The Hall–Kier alpha value is -1.73. The van der Waals surface area contributed by atoms with Gasteiger partial charge < -0.3 is 10.1 Å². The quantitative estimate of drug-likeness (QED) is 0.851. The van der Waals surface area contributed by atoms with Crippen molar-refractivity contribution in [1.29, 1.82) is 5.26 Å². The predicted octanol–water partition coefficient (Wildman–Crippen LogP) is 2.82. The molecule has 0 radical (unpaired) electrons. The van der Waals surface area contributed by atoms with E-state index < -0.39 is 6.04 Å². The van der Waals surface area contributed by atoms with E-state index in [1.54, 1.807) is 18.2 Å². The fourth-order valence-electron chi connectivity index (χ4n) is 1.53. The van der Waals surface area contributed by atoms with Crippen LogP contribution in [-0.4, -0.2) is 19.1 Å². The molecule has 0 aliphatic heterocycles. The molecule has 5 heteroatoms. The van der Waals surface area contributed by atoms with Crippen LogP contribution in [0.1, 0.15) is 19.4 Å². The Morgan fingerprint density at radius 3 is 2.67 bits per heavy atom. The van der Waals surface area contributed by atoms with E-state index in [0.717, 1.165) is 0 Å². The Kier molecular flexibility index (Phi) is 4.99. The van der Waals surface area contributed by atoms with Crippen molar-refractivity contribution in [2.24, 2.45) is 5.92 Å². The van der Waals surface area contributed by atoms with Crippen LogP contribution in [0.2, 0.25) is 5.02 Å². The Balaban J connectivity index is 3.04. The number of hydrogen-bond donors (Lipinski definition) is 1. The third kappa shape index (κ3) is 3.38. The molecular formula is C13H15ClN2O2. The molecule has 0 fully saturated rings. The summed E-state index contributed by atoms with van der Waals surface area (Å²) in [5, 5.41) is 12.5.